The van der Waals surface area contributed by atoms with E-state index in [1.54, 1.807) is 18.5 Å². The van der Waals surface area contributed by atoms with E-state index >= 15 is 0 Å². The van der Waals surface area contributed by atoms with Gasteiger partial charge in [0.05, 0.1) is 0 Å². The number of hydrogen-bond donors (Lipinski definition) is 0. The second-order valence-corrected chi connectivity index (χ2v) is 1.34. The van der Waals surface area contributed by atoms with Gasteiger partial charge in [0.15, 0.2) is 0 Å². The Bertz CT molecular complexity index is 134. The molecule has 0 saturated heterocycles. The van der Waals surface area contributed by atoms with E-state index in [1.165, 1.54) is 6.20 Å². The van der Waals surface area contributed by atoms with E-state index in [2.05, 4.69) is 23.3 Å². The van der Waals surface area contributed by atoms with E-state index in [0.717, 1.165) is 6.42 Å². The van der Waals surface area contributed by atoms with Crippen LogP contribution in [0.1, 0.15) is 6.42 Å². The Morgan fingerprint density at radius 3 is 2.67 bits per heavy atom. The summed E-state index contributed by atoms with van der Waals surface area (Å²) in [4.78, 5) is 7.30. The highest BCUT2D eigenvalue weighted by Crippen LogP contribution is 1.76. The lowest BCUT2D eigenvalue weighted by Gasteiger charge is -1.74. The van der Waals surface area contributed by atoms with Crippen LogP contribution in [0.25, 0.3) is 0 Å². The zero-order chi connectivity index (χ0) is 6.95. The van der Waals surface area contributed by atoms with Gasteiger partial charge in [-0.3, -0.25) is 9.98 Å². The summed E-state index contributed by atoms with van der Waals surface area (Å²) in [5.74, 6) is 0. The Kier molecular flexibility index (Phi) is 5.93. The summed E-state index contributed by atoms with van der Waals surface area (Å²) in [6.07, 6.45) is 7.42. The normalized spacial score (nSPS) is 10.7. The number of hydrogen-bond acceptors (Lipinski definition) is 2. The average molecular weight is 122 g/mol. The summed E-state index contributed by atoms with van der Waals surface area (Å²) in [6.45, 7) is 6.77. The van der Waals surface area contributed by atoms with Crippen LogP contribution in [-0.2, 0) is 0 Å². The van der Waals surface area contributed by atoms with Crippen LogP contribution in [0.2, 0.25) is 0 Å². The summed E-state index contributed by atoms with van der Waals surface area (Å²) in [5, 5.41) is 0. The highest BCUT2D eigenvalue weighted by Gasteiger charge is 1.63. The van der Waals surface area contributed by atoms with Gasteiger partial charge in [0.2, 0.25) is 0 Å². The fourth-order valence-electron chi connectivity index (χ4n) is 0.282. The summed E-state index contributed by atoms with van der Waals surface area (Å²) in [5.41, 5.74) is 0. The lowest BCUT2D eigenvalue weighted by Crippen LogP contribution is -1.64. The molecule has 0 unspecified atom stereocenters. The molecule has 0 heterocycles. The highest BCUT2D eigenvalue weighted by molar-refractivity contribution is 5.59. The molecule has 0 aromatic rings. The van der Waals surface area contributed by atoms with Crippen molar-refractivity contribution in [3.05, 3.63) is 25.1 Å². The number of nitrogens with zero attached hydrogens (tertiary/aromatic N) is 2. The molecule has 0 bridgehead atoms. The molecule has 48 valence electrons. The molecule has 0 rings (SSSR count). The Balaban J connectivity index is 3.33. The fraction of sp³-hybridized carbons (Fsp3) is 0.143. The molecule has 0 aromatic heterocycles. The Hall–Kier alpha value is -1.18. The minimum Gasteiger partial charge on any atom is -0.271 e. The molecule has 0 fully saturated rings. The van der Waals surface area contributed by atoms with Crippen molar-refractivity contribution in [1.82, 2.24) is 0 Å². The highest BCUT2D eigenvalue weighted by atomic mass is 14.7. The molecule has 0 saturated carbocycles. The number of aliphatic imine (C=N–C) groups is 2. The first-order chi connectivity index (χ1) is 4.41. The minimum absolute atomic E-state index is 0.793. The van der Waals surface area contributed by atoms with E-state index < -0.39 is 0 Å². The summed E-state index contributed by atoms with van der Waals surface area (Å²) in [7, 11) is 0. The molecule has 2 nitrogen and oxygen atoms in total. The Morgan fingerprint density at radius 2 is 2.11 bits per heavy atom. The predicted molar refractivity (Wildman–Crippen MR) is 42.0 cm³/mol. The van der Waals surface area contributed by atoms with Crippen LogP contribution >= 0.6 is 0 Å². The van der Waals surface area contributed by atoms with Gasteiger partial charge in [-0.05, 0) is 6.72 Å². The zero-order valence-corrected chi connectivity index (χ0v) is 5.33. The standard InChI is InChI=1S/C7H10N2/c1-3-4-5-9-7-6-8-2/h3,5-7H,1-2,4H2/b7-6-,9-5-. The largest absolute Gasteiger partial charge is 0.271 e. The van der Waals surface area contributed by atoms with Crippen molar-refractivity contribution in [3.8, 4) is 0 Å². The zero-order valence-electron chi connectivity index (χ0n) is 5.33. The molecule has 0 aliphatic carbocycles. The van der Waals surface area contributed by atoms with E-state index in [-0.39, 0.29) is 0 Å². The van der Waals surface area contributed by atoms with Gasteiger partial charge in [-0.1, -0.05) is 6.08 Å². The van der Waals surface area contributed by atoms with E-state index in [1.807, 2.05) is 0 Å². The van der Waals surface area contributed by atoms with Gasteiger partial charge in [0.25, 0.3) is 0 Å². The third-order valence-corrected chi connectivity index (χ3v) is 0.636. The monoisotopic (exact) mass is 122 g/mol. The second kappa shape index (κ2) is 6.82. The molecule has 2 heteroatoms. The van der Waals surface area contributed by atoms with Crippen LogP contribution in [0.4, 0.5) is 0 Å². The Morgan fingerprint density at radius 1 is 1.33 bits per heavy atom. The Labute approximate surface area is 55.3 Å². The fourth-order valence-corrected chi connectivity index (χ4v) is 0.282. The van der Waals surface area contributed by atoms with Crippen molar-refractivity contribution >= 4 is 12.9 Å². The van der Waals surface area contributed by atoms with Crippen molar-refractivity contribution in [2.45, 2.75) is 6.42 Å². The third kappa shape index (κ3) is 6.82. The second-order valence-electron chi connectivity index (χ2n) is 1.34. The van der Waals surface area contributed by atoms with Gasteiger partial charge in [-0.15, -0.1) is 6.58 Å². The quantitative estimate of drug-likeness (QED) is 0.401. The van der Waals surface area contributed by atoms with Crippen molar-refractivity contribution in [1.29, 1.82) is 0 Å². The van der Waals surface area contributed by atoms with Gasteiger partial charge in [0, 0.05) is 25.0 Å². The minimum atomic E-state index is 0.793. The van der Waals surface area contributed by atoms with Crippen LogP contribution in [0, 0.1) is 0 Å². The van der Waals surface area contributed by atoms with Gasteiger partial charge >= 0.3 is 0 Å². The van der Waals surface area contributed by atoms with Crippen LogP contribution in [0.15, 0.2) is 35.0 Å². The van der Waals surface area contributed by atoms with Gasteiger partial charge in [0.1, 0.15) is 0 Å². The van der Waals surface area contributed by atoms with Crippen LogP contribution in [0.5, 0.6) is 0 Å². The molecule has 0 aromatic carbocycles. The molecule has 9 heavy (non-hydrogen) atoms. The van der Waals surface area contributed by atoms with Crippen molar-refractivity contribution in [2.24, 2.45) is 9.98 Å². The first-order valence-corrected chi connectivity index (χ1v) is 2.65. The molecule has 0 aliphatic heterocycles. The number of rotatable bonds is 4. The molecule has 0 spiro atoms. The van der Waals surface area contributed by atoms with Crippen molar-refractivity contribution in [3.63, 3.8) is 0 Å². The average Bonchev–Trinajstić information content (AvgIpc) is 1.89. The van der Waals surface area contributed by atoms with Crippen molar-refractivity contribution < 1.29 is 0 Å². The molecular formula is C7H10N2. The smallest absolute Gasteiger partial charge is 0.0446 e. The number of allylic oxidation sites excluding steroid dienone is 1. The van der Waals surface area contributed by atoms with Gasteiger partial charge in [-0.2, -0.15) is 0 Å². The van der Waals surface area contributed by atoms with Crippen LogP contribution < -0.4 is 0 Å². The first kappa shape index (κ1) is 7.82. The maximum Gasteiger partial charge on any atom is 0.0446 e. The maximum atomic E-state index is 3.84. The SMILES string of the molecule is C=CC/C=N\C=C/N=C. The molecule has 0 amide bonds. The van der Waals surface area contributed by atoms with Gasteiger partial charge in [-0.25, -0.2) is 0 Å². The van der Waals surface area contributed by atoms with Crippen molar-refractivity contribution in [2.75, 3.05) is 0 Å². The van der Waals surface area contributed by atoms with Crippen LogP contribution in [-0.4, -0.2) is 12.9 Å². The molecule has 0 atom stereocenters. The summed E-state index contributed by atoms with van der Waals surface area (Å²) < 4.78 is 0. The van der Waals surface area contributed by atoms with E-state index in [0.29, 0.717) is 0 Å². The van der Waals surface area contributed by atoms with E-state index in [9.17, 15) is 0 Å². The maximum absolute atomic E-state index is 3.84. The van der Waals surface area contributed by atoms with Gasteiger partial charge < -0.3 is 0 Å². The topological polar surface area (TPSA) is 24.7 Å². The van der Waals surface area contributed by atoms with E-state index in [4.69, 9.17) is 0 Å². The molecule has 0 N–H and O–H groups in total. The predicted octanol–water partition coefficient (Wildman–Crippen LogP) is 1.81. The molecule has 0 radical (unpaired) electrons. The lowest BCUT2D eigenvalue weighted by molar-refractivity contribution is 1.45. The third-order valence-electron chi connectivity index (χ3n) is 0.636. The van der Waals surface area contributed by atoms with Crippen LogP contribution in [0.3, 0.4) is 0 Å². The summed E-state index contributed by atoms with van der Waals surface area (Å²) in [6, 6.07) is 0. The molecular weight excluding hydrogens is 112 g/mol. The molecule has 0 aliphatic rings. The lowest BCUT2D eigenvalue weighted by atomic mass is 10.5. The first-order valence-electron chi connectivity index (χ1n) is 2.65. The summed E-state index contributed by atoms with van der Waals surface area (Å²) >= 11 is 0.